The van der Waals surface area contributed by atoms with E-state index in [1.807, 2.05) is 6.92 Å². The van der Waals surface area contributed by atoms with Crippen molar-refractivity contribution in [3.8, 4) is 0 Å². The number of nitrogens with one attached hydrogen (secondary N) is 1. The molecule has 9 heteroatoms. The van der Waals surface area contributed by atoms with Crippen LogP contribution in [0.4, 0.5) is 5.13 Å². The fourth-order valence-electron chi connectivity index (χ4n) is 2.99. The van der Waals surface area contributed by atoms with Crippen molar-refractivity contribution >= 4 is 55.7 Å². The summed E-state index contributed by atoms with van der Waals surface area (Å²) in [7, 11) is 0. The van der Waals surface area contributed by atoms with Crippen LogP contribution in [0, 0.1) is 12.8 Å². The van der Waals surface area contributed by atoms with Crippen molar-refractivity contribution in [3.05, 3.63) is 21.8 Å². The molecule has 4 rings (SSSR count). The molecule has 1 aliphatic carbocycles. The predicted octanol–water partition coefficient (Wildman–Crippen LogP) is 3.71. The van der Waals surface area contributed by atoms with E-state index in [0.717, 1.165) is 39.0 Å². The molecule has 1 aliphatic rings. The van der Waals surface area contributed by atoms with Crippen molar-refractivity contribution in [2.45, 2.75) is 38.1 Å². The van der Waals surface area contributed by atoms with Crippen molar-refractivity contribution in [3.63, 3.8) is 0 Å². The monoisotopic (exact) mass is 391 g/mol. The molecule has 0 aromatic carbocycles. The van der Waals surface area contributed by atoms with E-state index in [9.17, 15) is 4.79 Å². The van der Waals surface area contributed by atoms with Gasteiger partial charge in [-0.15, -0.1) is 21.5 Å². The molecule has 3 aromatic rings. The number of aryl methyl sites for hydroxylation is 2. The van der Waals surface area contributed by atoms with Crippen LogP contribution in [0.25, 0.3) is 10.2 Å². The van der Waals surface area contributed by atoms with Crippen LogP contribution in [0.1, 0.15) is 28.8 Å². The number of carbonyl (C=O) groups is 1. The molecular weight excluding hydrogens is 374 g/mol. The lowest BCUT2D eigenvalue weighted by Gasteiger charge is -2.18. The number of rotatable bonds is 4. The minimum Gasteiger partial charge on any atom is -0.300 e. The van der Waals surface area contributed by atoms with Crippen LogP contribution < -0.4 is 5.32 Å². The van der Waals surface area contributed by atoms with Crippen molar-refractivity contribution in [2.75, 3.05) is 11.1 Å². The molecule has 0 unspecified atom stereocenters. The fourth-order valence-corrected chi connectivity index (χ4v) is 5.84. The topological polar surface area (TPSA) is 80.7 Å². The maximum atomic E-state index is 12.2. The average Bonchev–Trinajstić information content (AvgIpc) is 3.15. The van der Waals surface area contributed by atoms with Gasteiger partial charge in [-0.2, -0.15) is 0 Å². The van der Waals surface area contributed by atoms with Gasteiger partial charge in [-0.05, 0) is 37.7 Å². The van der Waals surface area contributed by atoms with Gasteiger partial charge in [0.2, 0.25) is 11.0 Å². The predicted molar refractivity (Wildman–Crippen MR) is 103 cm³/mol. The second kappa shape index (κ2) is 6.97. The number of hydrogen-bond acceptors (Lipinski definition) is 8. The number of amides is 1. The normalized spacial score (nSPS) is 16.8. The Morgan fingerprint density at radius 3 is 3.04 bits per heavy atom. The summed E-state index contributed by atoms with van der Waals surface area (Å²) in [6, 6.07) is 0. The van der Waals surface area contributed by atoms with Crippen LogP contribution in [-0.2, 0) is 17.6 Å². The van der Waals surface area contributed by atoms with E-state index in [4.69, 9.17) is 0 Å². The highest BCUT2D eigenvalue weighted by atomic mass is 32.2. The molecule has 3 aromatic heterocycles. The molecule has 1 N–H and O–H groups in total. The first-order valence-electron chi connectivity index (χ1n) is 8.08. The fraction of sp³-hybridized carbons (Fsp3) is 0.438. The van der Waals surface area contributed by atoms with Crippen LogP contribution in [0.15, 0.2) is 11.4 Å². The Hall–Kier alpha value is -1.58. The zero-order chi connectivity index (χ0) is 17.4. The zero-order valence-electron chi connectivity index (χ0n) is 13.9. The van der Waals surface area contributed by atoms with Crippen LogP contribution in [-0.4, -0.2) is 31.8 Å². The summed E-state index contributed by atoms with van der Waals surface area (Å²) < 4.78 is 0. The molecule has 130 valence electrons. The summed E-state index contributed by atoms with van der Waals surface area (Å²) in [6.07, 6.45) is 5.00. The number of thioether (sulfide) groups is 1. The van der Waals surface area contributed by atoms with Gasteiger partial charge in [0, 0.05) is 10.3 Å². The Balaban J connectivity index is 1.52. The summed E-state index contributed by atoms with van der Waals surface area (Å²) >= 11 is 4.61. The van der Waals surface area contributed by atoms with Crippen molar-refractivity contribution < 1.29 is 4.79 Å². The van der Waals surface area contributed by atoms with Gasteiger partial charge in [0.15, 0.2) is 0 Å². The van der Waals surface area contributed by atoms with E-state index in [-0.39, 0.29) is 5.91 Å². The van der Waals surface area contributed by atoms with E-state index < -0.39 is 0 Å². The van der Waals surface area contributed by atoms with Crippen LogP contribution in [0.5, 0.6) is 0 Å². The van der Waals surface area contributed by atoms with Gasteiger partial charge in [0.05, 0.1) is 5.75 Å². The molecule has 1 amide bonds. The molecule has 0 spiro atoms. The lowest BCUT2D eigenvalue weighted by Crippen LogP contribution is -2.14. The van der Waals surface area contributed by atoms with Gasteiger partial charge < -0.3 is 0 Å². The Kier molecular flexibility index (Phi) is 4.70. The molecular formula is C16H17N5OS3. The maximum Gasteiger partial charge on any atom is 0.236 e. The summed E-state index contributed by atoms with van der Waals surface area (Å²) in [6.45, 7) is 4.16. The number of aromatic nitrogens is 4. The molecule has 1 atom stereocenters. The molecule has 0 saturated heterocycles. The molecule has 0 bridgehead atoms. The number of nitrogens with zero attached hydrogens (tertiary/aromatic N) is 4. The van der Waals surface area contributed by atoms with Crippen molar-refractivity contribution in [1.29, 1.82) is 0 Å². The number of carbonyl (C=O) groups excluding carboxylic acids is 1. The Bertz CT molecular complexity index is 935. The third-order valence-electron chi connectivity index (χ3n) is 4.17. The van der Waals surface area contributed by atoms with Gasteiger partial charge in [-0.1, -0.05) is 30.0 Å². The second-order valence-corrected chi connectivity index (χ2v) is 9.40. The highest BCUT2D eigenvalue weighted by molar-refractivity contribution is 8.00. The third-order valence-corrected chi connectivity index (χ3v) is 7.08. The van der Waals surface area contributed by atoms with Gasteiger partial charge in [-0.25, -0.2) is 9.97 Å². The first-order chi connectivity index (χ1) is 12.1. The van der Waals surface area contributed by atoms with E-state index in [1.165, 1.54) is 40.0 Å². The summed E-state index contributed by atoms with van der Waals surface area (Å²) in [5.74, 6) is 0.933. The standard InChI is InChI=1S/C16H17N5OS3/c1-8-3-4-10-11(5-8)25-15-13(10)14(17-7-18-15)23-6-12(22)19-16-21-20-9(2)24-16/h7-8H,3-6H2,1-2H3,(H,19,21,22)/t8-/m0/s1. The molecule has 0 radical (unpaired) electrons. The molecule has 0 fully saturated rings. The Morgan fingerprint density at radius 1 is 1.36 bits per heavy atom. The van der Waals surface area contributed by atoms with E-state index >= 15 is 0 Å². The quantitative estimate of drug-likeness (QED) is 0.539. The number of thiophene rings is 1. The largest absolute Gasteiger partial charge is 0.300 e. The zero-order valence-corrected chi connectivity index (χ0v) is 16.4. The average molecular weight is 392 g/mol. The van der Waals surface area contributed by atoms with Crippen molar-refractivity contribution in [2.24, 2.45) is 5.92 Å². The second-order valence-electron chi connectivity index (χ2n) is 6.17. The van der Waals surface area contributed by atoms with Gasteiger partial charge >= 0.3 is 0 Å². The SMILES string of the molecule is Cc1nnc(NC(=O)CSc2ncnc3sc4c(c23)CC[C@H](C)C4)s1. The van der Waals surface area contributed by atoms with Crippen LogP contribution >= 0.6 is 34.4 Å². The number of fused-ring (bicyclic) bond motifs is 3. The van der Waals surface area contributed by atoms with Crippen LogP contribution in [0.2, 0.25) is 0 Å². The first-order valence-corrected chi connectivity index (χ1v) is 10.7. The lowest BCUT2D eigenvalue weighted by molar-refractivity contribution is -0.113. The minimum atomic E-state index is -0.0920. The van der Waals surface area contributed by atoms with Gasteiger partial charge in [0.1, 0.15) is 21.2 Å². The molecule has 6 nitrogen and oxygen atoms in total. The van der Waals surface area contributed by atoms with E-state index in [2.05, 4.69) is 32.4 Å². The molecule has 3 heterocycles. The van der Waals surface area contributed by atoms with Crippen LogP contribution in [0.3, 0.4) is 0 Å². The van der Waals surface area contributed by atoms with Gasteiger partial charge in [-0.3, -0.25) is 10.1 Å². The van der Waals surface area contributed by atoms with Gasteiger partial charge in [0.25, 0.3) is 0 Å². The van der Waals surface area contributed by atoms with Crippen molar-refractivity contribution in [1.82, 2.24) is 20.2 Å². The van der Waals surface area contributed by atoms with E-state index in [1.54, 1.807) is 17.7 Å². The number of hydrogen-bond donors (Lipinski definition) is 1. The lowest BCUT2D eigenvalue weighted by atomic mass is 9.89. The third kappa shape index (κ3) is 3.54. The molecule has 0 aliphatic heterocycles. The van der Waals surface area contributed by atoms with E-state index in [0.29, 0.717) is 10.9 Å². The number of anilines is 1. The Labute approximate surface area is 157 Å². The highest BCUT2D eigenvalue weighted by Crippen LogP contribution is 2.40. The first kappa shape index (κ1) is 16.9. The molecule has 0 saturated carbocycles. The summed E-state index contributed by atoms with van der Waals surface area (Å²) in [5.41, 5.74) is 1.39. The smallest absolute Gasteiger partial charge is 0.236 e. The highest BCUT2D eigenvalue weighted by Gasteiger charge is 2.23. The Morgan fingerprint density at radius 2 is 2.24 bits per heavy atom. The summed E-state index contributed by atoms with van der Waals surface area (Å²) in [4.78, 5) is 23.5. The minimum absolute atomic E-state index is 0.0920. The molecule has 25 heavy (non-hydrogen) atoms. The summed E-state index contributed by atoms with van der Waals surface area (Å²) in [5, 5.41) is 14.0. The maximum absolute atomic E-state index is 12.2.